The minimum atomic E-state index is -0.303. The van der Waals surface area contributed by atoms with Crippen LogP contribution in [0, 0.1) is 13.8 Å². The number of rotatable bonds is 5. The predicted molar refractivity (Wildman–Crippen MR) is 102 cm³/mol. The maximum atomic E-state index is 12.3. The van der Waals surface area contributed by atoms with E-state index in [-0.39, 0.29) is 11.6 Å². The fourth-order valence-corrected chi connectivity index (χ4v) is 2.50. The van der Waals surface area contributed by atoms with E-state index in [2.05, 4.69) is 20.8 Å². The highest BCUT2D eigenvalue weighted by Crippen LogP contribution is 2.27. The molecule has 0 saturated carbocycles. The number of aromatic nitrogens is 2. The molecule has 0 saturated heterocycles. The summed E-state index contributed by atoms with van der Waals surface area (Å²) in [5.41, 5.74) is 3.92. The normalized spacial score (nSPS) is 10.3. The van der Waals surface area contributed by atoms with Crippen LogP contribution >= 0.6 is 0 Å². The first-order chi connectivity index (χ1) is 12.5. The molecule has 2 aromatic carbocycles. The van der Waals surface area contributed by atoms with E-state index >= 15 is 0 Å². The van der Waals surface area contributed by atoms with Gasteiger partial charge in [0.05, 0.1) is 12.8 Å². The van der Waals surface area contributed by atoms with Gasteiger partial charge in [0.2, 0.25) is 0 Å². The molecule has 6 nitrogen and oxygen atoms in total. The van der Waals surface area contributed by atoms with Gasteiger partial charge in [-0.2, -0.15) is 0 Å². The zero-order chi connectivity index (χ0) is 18.5. The number of nitrogens with zero attached hydrogens (tertiary/aromatic N) is 2. The van der Waals surface area contributed by atoms with Crippen molar-refractivity contribution in [1.82, 2.24) is 10.2 Å². The van der Waals surface area contributed by atoms with Crippen molar-refractivity contribution >= 4 is 23.1 Å². The Labute approximate surface area is 152 Å². The molecular formula is C20H20N4O2. The molecule has 1 aromatic heterocycles. The van der Waals surface area contributed by atoms with Gasteiger partial charge in [-0.15, -0.1) is 10.2 Å². The monoisotopic (exact) mass is 348 g/mol. The van der Waals surface area contributed by atoms with Crippen molar-refractivity contribution in [3.63, 3.8) is 0 Å². The molecule has 0 bridgehead atoms. The summed E-state index contributed by atoms with van der Waals surface area (Å²) in [5, 5.41) is 14.1. The van der Waals surface area contributed by atoms with Crippen molar-refractivity contribution in [2.45, 2.75) is 13.8 Å². The Balaban J connectivity index is 1.72. The summed E-state index contributed by atoms with van der Waals surface area (Å²) >= 11 is 0. The lowest BCUT2D eigenvalue weighted by molar-refractivity contribution is 0.102. The van der Waals surface area contributed by atoms with Gasteiger partial charge in [-0.25, -0.2) is 0 Å². The molecule has 0 unspecified atom stereocenters. The smallest absolute Gasteiger partial charge is 0.276 e. The summed E-state index contributed by atoms with van der Waals surface area (Å²) < 4.78 is 5.34. The van der Waals surface area contributed by atoms with E-state index < -0.39 is 0 Å². The average Bonchev–Trinajstić information content (AvgIpc) is 2.62. The van der Waals surface area contributed by atoms with Crippen LogP contribution in [0.3, 0.4) is 0 Å². The lowest BCUT2D eigenvalue weighted by Crippen LogP contribution is -2.14. The number of aryl methyl sites for hydroxylation is 2. The number of anilines is 3. The van der Waals surface area contributed by atoms with Crippen molar-refractivity contribution in [1.29, 1.82) is 0 Å². The number of ether oxygens (including phenoxy) is 1. The van der Waals surface area contributed by atoms with Gasteiger partial charge in [-0.05, 0) is 61.4 Å². The molecule has 0 atom stereocenters. The number of methoxy groups -OCH3 is 1. The van der Waals surface area contributed by atoms with Crippen LogP contribution in [-0.4, -0.2) is 23.2 Å². The van der Waals surface area contributed by atoms with Crippen LogP contribution in [-0.2, 0) is 0 Å². The van der Waals surface area contributed by atoms with Crippen molar-refractivity contribution in [2.24, 2.45) is 0 Å². The number of nitrogens with one attached hydrogen (secondary N) is 2. The molecule has 3 rings (SSSR count). The topological polar surface area (TPSA) is 76.1 Å². The number of amides is 1. The van der Waals surface area contributed by atoms with E-state index in [0.717, 1.165) is 22.5 Å². The molecule has 26 heavy (non-hydrogen) atoms. The number of benzene rings is 2. The number of carbonyl (C=O) groups excluding carboxylic acids is 1. The first kappa shape index (κ1) is 17.4. The summed E-state index contributed by atoms with van der Waals surface area (Å²) in [6.45, 7) is 3.96. The minimum absolute atomic E-state index is 0.244. The van der Waals surface area contributed by atoms with E-state index in [1.807, 2.05) is 56.3 Å². The molecule has 2 N–H and O–H groups in total. The molecule has 1 amide bonds. The highest BCUT2D eigenvalue weighted by molar-refractivity contribution is 6.02. The van der Waals surface area contributed by atoms with Crippen LogP contribution in [0.25, 0.3) is 0 Å². The highest BCUT2D eigenvalue weighted by atomic mass is 16.5. The fraction of sp³-hybridized carbons (Fsp3) is 0.150. The maximum Gasteiger partial charge on any atom is 0.276 e. The molecule has 0 aliphatic heterocycles. The molecule has 0 aliphatic rings. The SMILES string of the molecule is COc1ccc(C)cc1Nc1ccc(C(=O)Nc2cccc(C)c2)nn1. The Morgan fingerprint density at radius 1 is 0.962 bits per heavy atom. The van der Waals surface area contributed by atoms with Crippen LogP contribution in [0.15, 0.2) is 54.6 Å². The van der Waals surface area contributed by atoms with E-state index in [1.165, 1.54) is 0 Å². The summed E-state index contributed by atoms with van der Waals surface area (Å²) in [4.78, 5) is 12.3. The molecule has 0 radical (unpaired) electrons. The Morgan fingerprint density at radius 2 is 1.77 bits per heavy atom. The third-order valence-corrected chi connectivity index (χ3v) is 3.79. The standard InChI is InChI=1S/C20H20N4O2/c1-13-5-4-6-15(11-13)21-20(25)16-8-10-19(24-23-16)22-17-12-14(2)7-9-18(17)26-3/h4-12H,1-3H3,(H,21,25)(H,22,24). The average molecular weight is 348 g/mol. The van der Waals surface area contributed by atoms with E-state index in [0.29, 0.717) is 11.6 Å². The lowest BCUT2D eigenvalue weighted by atomic mass is 10.2. The summed E-state index contributed by atoms with van der Waals surface area (Å²) in [5.74, 6) is 0.933. The molecule has 0 spiro atoms. The second-order valence-electron chi connectivity index (χ2n) is 5.96. The third-order valence-electron chi connectivity index (χ3n) is 3.79. The molecular weight excluding hydrogens is 328 g/mol. The summed E-state index contributed by atoms with van der Waals surface area (Å²) in [6.07, 6.45) is 0. The van der Waals surface area contributed by atoms with Crippen molar-refractivity contribution in [2.75, 3.05) is 17.7 Å². The Morgan fingerprint density at radius 3 is 2.46 bits per heavy atom. The van der Waals surface area contributed by atoms with Crippen LogP contribution in [0.1, 0.15) is 21.6 Å². The Hall–Kier alpha value is -3.41. The maximum absolute atomic E-state index is 12.3. The second kappa shape index (κ2) is 7.65. The van der Waals surface area contributed by atoms with Crippen LogP contribution in [0.4, 0.5) is 17.2 Å². The van der Waals surface area contributed by atoms with Gasteiger partial charge in [0, 0.05) is 5.69 Å². The van der Waals surface area contributed by atoms with Gasteiger partial charge in [0.25, 0.3) is 5.91 Å². The molecule has 0 aliphatic carbocycles. The van der Waals surface area contributed by atoms with Crippen LogP contribution in [0.2, 0.25) is 0 Å². The summed E-state index contributed by atoms with van der Waals surface area (Å²) in [7, 11) is 1.61. The zero-order valence-electron chi connectivity index (χ0n) is 14.9. The van der Waals surface area contributed by atoms with Gasteiger partial charge in [0.15, 0.2) is 11.5 Å². The van der Waals surface area contributed by atoms with Crippen molar-refractivity contribution in [3.8, 4) is 5.75 Å². The van der Waals surface area contributed by atoms with Gasteiger partial charge in [0.1, 0.15) is 5.75 Å². The Kier molecular flexibility index (Phi) is 5.12. The van der Waals surface area contributed by atoms with Gasteiger partial charge >= 0.3 is 0 Å². The lowest BCUT2D eigenvalue weighted by Gasteiger charge is -2.11. The molecule has 6 heteroatoms. The number of hydrogen-bond acceptors (Lipinski definition) is 5. The van der Waals surface area contributed by atoms with Gasteiger partial charge in [-0.3, -0.25) is 4.79 Å². The summed E-state index contributed by atoms with van der Waals surface area (Å²) in [6, 6.07) is 16.7. The zero-order valence-corrected chi connectivity index (χ0v) is 14.9. The predicted octanol–water partition coefficient (Wildman–Crippen LogP) is 4.10. The number of hydrogen-bond donors (Lipinski definition) is 2. The third kappa shape index (κ3) is 4.16. The van der Waals surface area contributed by atoms with E-state index in [9.17, 15) is 4.79 Å². The van der Waals surface area contributed by atoms with E-state index in [1.54, 1.807) is 19.2 Å². The first-order valence-electron chi connectivity index (χ1n) is 8.18. The van der Waals surface area contributed by atoms with Crippen molar-refractivity contribution in [3.05, 3.63) is 71.4 Å². The largest absolute Gasteiger partial charge is 0.495 e. The molecule has 132 valence electrons. The second-order valence-corrected chi connectivity index (χ2v) is 5.96. The van der Waals surface area contributed by atoms with Gasteiger partial charge < -0.3 is 15.4 Å². The van der Waals surface area contributed by atoms with Crippen LogP contribution in [0.5, 0.6) is 5.75 Å². The van der Waals surface area contributed by atoms with Gasteiger partial charge in [-0.1, -0.05) is 18.2 Å². The van der Waals surface area contributed by atoms with E-state index in [4.69, 9.17) is 4.74 Å². The molecule has 1 heterocycles. The first-order valence-corrected chi connectivity index (χ1v) is 8.18. The Bertz CT molecular complexity index is 923. The quantitative estimate of drug-likeness (QED) is 0.726. The number of carbonyl (C=O) groups is 1. The van der Waals surface area contributed by atoms with Crippen molar-refractivity contribution < 1.29 is 9.53 Å². The fourth-order valence-electron chi connectivity index (χ4n) is 2.50. The highest BCUT2D eigenvalue weighted by Gasteiger charge is 2.10. The van der Waals surface area contributed by atoms with Crippen LogP contribution < -0.4 is 15.4 Å². The minimum Gasteiger partial charge on any atom is -0.495 e. The molecule has 3 aromatic rings. The molecule has 0 fully saturated rings.